The van der Waals surface area contributed by atoms with Crippen molar-refractivity contribution in [3.8, 4) is 0 Å². The molecule has 1 aliphatic carbocycles. The Morgan fingerprint density at radius 3 is 2.60 bits per heavy atom. The molecule has 1 saturated carbocycles. The Morgan fingerprint density at radius 2 is 2.20 bits per heavy atom. The van der Waals surface area contributed by atoms with Gasteiger partial charge < -0.3 is 0 Å². The van der Waals surface area contributed by atoms with Gasteiger partial charge in [0.2, 0.25) is 0 Å². The minimum absolute atomic E-state index is 0.0365. The van der Waals surface area contributed by atoms with Crippen molar-refractivity contribution in [1.82, 2.24) is 10.3 Å². The van der Waals surface area contributed by atoms with Gasteiger partial charge in [0.25, 0.3) is 5.91 Å². The maximum Gasteiger partial charge on any atom is 0.251 e. The van der Waals surface area contributed by atoms with E-state index in [4.69, 9.17) is 5.84 Å². The van der Waals surface area contributed by atoms with Gasteiger partial charge in [-0.1, -0.05) is 20.3 Å². The Labute approximate surface area is 92.2 Å². The van der Waals surface area contributed by atoms with Crippen LogP contribution in [0.3, 0.4) is 0 Å². The molecular weight excluding hydrogens is 190 g/mol. The molecule has 15 heavy (non-hydrogen) atoms. The van der Waals surface area contributed by atoms with Crippen LogP contribution in [0.4, 0.5) is 0 Å². The van der Waals surface area contributed by atoms with Crippen molar-refractivity contribution >= 4 is 5.91 Å². The lowest BCUT2D eigenvalue weighted by Gasteiger charge is -2.29. The Bertz CT molecular complexity index is 204. The first-order valence-electron chi connectivity index (χ1n) is 5.97. The van der Waals surface area contributed by atoms with E-state index in [9.17, 15) is 4.79 Å². The number of carbonyl (C=O) groups excluding carboxylic acids is 1. The number of amides is 1. The van der Waals surface area contributed by atoms with E-state index >= 15 is 0 Å². The molecule has 0 aliphatic heterocycles. The lowest BCUT2D eigenvalue weighted by molar-refractivity contribution is -0.126. The van der Waals surface area contributed by atoms with Crippen molar-refractivity contribution in [2.45, 2.75) is 45.6 Å². The van der Waals surface area contributed by atoms with E-state index in [1.54, 1.807) is 0 Å². The van der Waals surface area contributed by atoms with Gasteiger partial charge >= 0.3 is 0 Å². The monoisotopic (exact) mass is 213 g/mol. The van der Waals surface area contributed by atoms with Gasteiger partial charge in [-0.05, 0) is 31.7 Å². The first-order chi connectivity index (χ1) is 7.22. The van der Waals surface area contributed by atoms with Crippen LogP contribution in [0, 0.1) is 5.92 Å². The molecule has 0 aromatic carbocycles. The van der Waals surface area contributed by atoms with E-state index in [2.05, 4.69) is 24.2 Å². The van der Waals surface area contributed by atoms with Crippen LogP contribution in [0.2, 0.25) is 0 Å². The van der Waals surface area contributed by atoms with E-state index in [0.717, 1.165) is 31.8 Å². The molecule has 0 bridgehead atoms. The Balaban J connectivity index is 2.51. The third-order valence-electron chi connectivity index (χ3n) is 3.04. The number of hydrogen-bond acceptors (Lipinski definition) is 3. The number of nitrogens with zero attached hydrogens (tertiary/aromatic N) is 1. The van der Waals surface area contributed by atoms with Crippen LogP contribution in [0.15, 0.2) is 0 Å². The summed E-state index contributed by atoms with van der Waals surface area (Å²) < 4.78 is 0. The molecule has 1 fully saturated rings. The fourth-order valence-corrected chi connectivity index (χ4v) is 1.96. The summed E-state index contributed by atoms with van der Waals surface area (Å²) in [6.07, 6.45) is 4.54. The minimum atomic E-state index is -0.0423. The molecule has 3 N–H and O–H groups in total. The molecule has 88 valence electrons. The number of rotatable bonds is 7. The quantitative estimate of drug-likeness (QED) is 0.375. The van der Waals surface area contributed by atoms with Crippen molar-refractivity contribution in [1.29, 1.82) is 0 Å². The summed E-state index contributed by atoms with van der Waals surface area (Å²) in [7, 11) is 0. The van der Waals surface area contributed by atoms with Crippen LogP contribution in [0.25, 0.3) is 0 Å². The van der Waals surface area contributed by atoms with Gasteiger partial charge in [-0.15, -0.1) is 0 Å². The minimum Gasteiger partial charge on any atom is -0.293 e. The lowest BCUT2D eigenvalue weighted by Crippen LogP contribution is -2.49. The summed E-state index contributed by atoms with van der Waals surface area (Å²) in [5.41, 5.74) is 2.28. The fraction of sp³-hybridized carbons (Fsp3) is 0.909. The summed E-state index contributed by atoms with van der Waals surface area (Å²) >= 11 is 0. The second-order valence-corrected chi connectivity index (χ2v) is 4.34. The molecule has 0 aromatic heterocycles. The van der Waals surface area contributed by atoms with Gasteiger partial charge in [-0.2, -0.15) is 0 Å². The van der Waals surface area contributed by atoms with E-state index < -0.39 is 0 Å². The molecule has 1 amide bonds. The summed E-state index contributed by atoms with van der Waals surface area (Å²) in [6, 6.07) is -0.0365. The zero-order valence-corrected chi connectivity index (χ0v) is 9.83. The van der Waals surface area contributed by atoms with E-state index in [0.29, 0.717) is 0 Å². The topological polar surface area (TPSA) is 58.4 Å². The average molecular weight is 213 g/mol. The molecule has 1 atom stereocenters. The van der Waals surface area contributed by atoms with Crippen molar-refractivity contribution < 1.29 is 4.79 Å². The molecule has 0 radical (unpaired) electrons. The highest BCUT2D eigenvalue weighted by Crippen LogP contribution is 2.30. The second kappa shape index (κ2) is 6.08. The molecule has 1 unspecified atom stereocenters. The summed E-state index contributed by atoms with van der Waals surface area (Å²) in [6.45, 7) is 6.18. The maximum absolute atomic E-state index is 11.6. The van der Waals surface area contributed by atoms with Crippen LogP contribution in [0.1, 0.15) is 39.5 Å². The number of hydrazine groups is 1. The van der Waals surface area contributed by atoms with Crippen LogP contribution in [-0.4, -0.2) is 29.9 Å². The average Bonchev–Trinajstić information content (AvgIpc) is 3.06. The Hall–Kier alpha value is -0.610. The lowest BCUT2D eigenvalue weighted by atomic mass is 10.1. The third-order valence-corrected chi connectivity index (χ3v) is 3.04. The number of hydrogen-bond donors (Lipinski definition) is 2. The van der Waals surface area contributed by atoms with Crippen LogP contribution in [0.5, 0.6) is 0 Å². The molecule has 0 aromatic rings. The second-order valence-electron chi connectivity index (χ2n) is 4.34. The standard InChI is InChI=1S/C11H23N3O/c1-3-5-10(11(15)13-12)14(4-2)8-9-6-7-9/h9-10H,3-8,12H2,1-2H3,(H,13,15). The van der Waals surface area contributed by atoms with Gasteiger partial charge in [-0.25, -0.2) is 5.84 Å². The summed E-state index contributed by atoms with van der Waals surface area (Å²) in [4.78, 5) is 13.9. The first-order valence-corrected chi connectivity index (χ1v) is 5.97. The Kier molecular flexibility index (Phi) is 5.05. The van der Waals surface area contributed by atoms with Crippen molar-refractivity contribution in [2.75, 3.05) is 13.1 Å². The molecule has 0 saturated heterocycles. The molecule has 0 heterocycles. The van der Waals surface area contributed by atoms with E-state index in [1.165, 1.54) is 12.8 Å². The highest BCUT2D eigenvalue weighted by atomic mass is 16.2. The van der Waals surface area contributed by atoms with Gasteiger partial charge in [0.05, 0.1) is 6.04 Å². The van der Waals surface area contributed by atoms with Crippen LogP contribution < -0.4 is 11.3 Å². The highest BCUT2D eigenvalue weighted by Gasteiger charge is 2.29. The largest absolute Gasteiger partial charge is 0.293 e. The number of likely N-dealkylation sites (N-methyl/N-ethyl adjacent to an activating group) is 1. The van der Waals surface area contributed by atoms with Crippen LogP contribution >= 0.6 is 0 Å². The van der Waals surface area contributed by atoms with Gasteiger partial charge in [0, 0.05) is 6.54 Å². The summed E-state index contributed by atoms with van der Waals surface area (Å²) in [5, 5.41) is 0. The smallest absolute Gasteiger partial charge is 0.251 e. The fourth-order valence-electron chi connectivity index (χ4n) is 1.96. The summed E-state index contributed by atoms with van der Waals surface area (Å²) in [5.74, 6) is 5.99. The number of nitrogens with one attached hydrogen (secondary N) is 1. The predicted molar refractivity (Wildman–Crippen MR) is 61.0 cm³/mol. The highest BCUT2D eigenvalue weighted by molar-refractivity contribution is 5.81. The molecule has 4 nitrogen and oxygen atoms in total. The SMILES string of the molecule is CCCC(C(=O)NN)N(CC)CC1CC1. The molecule has 0 spiro atoms. The zero-order valence-electron chi connectivity index (χ0n) is 9.83. The molecular formula is C11H23N3O. The van der Waals surface area contributed by atoms with Crippen LogP contribution in [-0.2, 0) is 4.79 Å². The number of nitrogens with two attached hydrogens (primary N) is 1. The maximum atomic E-state index is 11.6. The molecule has 1 rings (SSSR count). The van der Waals surface area contributed by atoms with Crippen molar-refractivity contribution in [2.24, 2.45) is 11.8 Å². The predicted octanol–water partition coefficient (Wildman–Crippen LogP) is 0.877. The molecule has 4 heteroatoms. The van der Waals surface area contributed by atoms with Gasteiger partial charge in [0.1, 0.15) is 0 Å². The molecule has 1 aliphatic rings. The normalized spacial score (nSPS) is 17.9. The zero-order chi connectivity index (χ0) is 11.3. The van der Waals surface area contributed by atoms with Gasteiger partial charge in [-0.3, -0.25) is 15.1 Å². The third kappa shape index (κ3) is 3.80. The van der Waals surface area contributed by atoms with Crippen molar-refractivity contribution in [3.63, 3.8) is 0 Å². The van der Waals surface area contributed by atoms with E-state index in [-0.39, 0.29) is 11.9 Å². The van der Waals surface area contributed by atoms with Crippen molar-refractivity contribution in [3.05, 3.63) is 0 Å². The van der Waals surface area contributed by atoms with Gasteiger partial charge in [0.15, 0.2) is 0 Å². The number of carbonyl (C=O) groups is 1. The first kappa shape index (κ1) is 12.5. The Morgan fingerprint density at radius 1 is 1.53 bits per heavy atom. The van der Waals surface area contributed by atoms with E-state index in [1.807, 2.05) is 0 Å².